The molecule has 0 bridgehead atoms. The number of H-pyrrole nitrogens is 1. The molecule has 0 aromatic carbocycles. The monoisotopic (exact) mass is 362 g/mol. The van der Waals surface area contributed by atoms with Crippen molar-refractivity contribution in [3.63, 3.8) is 0 Å². The number of amides is 1. The molecule has 0 saturated heterocycles. The molecule has 1 N–H and O–H groups in total. The van der Waals surface area contributed by atoms with Crippen molar-refractivity contribution >= 4 is 17.7 Å². The number of aromatic nitrogens is 1. The summed E-state index contributed by atoms with van der Waals surface area (Å²) in [5, 5.41) is 0. The fraction of sp³-hybridized carbons (Fsp3) is 0.650. The number of carbonyl (C=O) groups excluding carboxylic acids is 3. The van der Waals surface area contributed by atoms with E-state index < -0.39 is 12.0 Å². The first-order valence-electron chi connectivity index (χ1n) is 9.54. The zero-order valence-corrected chi connectivity index (χ0v) is 16.5. The van der Waals surface area contributed by atoms with Crippen LogP contribution in [-0.4, -0.2) is 46.7 Å². The quantitative estimate of drug-likeness (QED) is 0.595. The van der Waals surface area contributed by atoms with E-state index in [1.807, 2.05) is 6.92 Å². The number of esters is 1. The summed E-state index contributed by atoms with van der Waals surface area (Å²) in [4.78, 5) is 42.7. The molecule has 1 fully saturated rings. The summed E-state index contributed by atoms with van der Waals surface area (Å²) in [7, 11) is 0. The van der Waals surface area contributed by atoms with Crippen LogP contribution in [0.25, 0.3) is 0 Å². The minimum absolute atomic E-state index is 0.0358. The van der Waals surface area contributed by atoms with Gasteiger partial charge in [0.15, 0.2) is 5.78 Å². The van der Waals surface area contributed by atoms with Crippen molar-refractivity contribution < 1.29 is 19.1 Å². The van der Waals surface area contributed by atoms with Crippen molar-refractivity contribution in [2.45, 2.75) is 66.3 Å². The van der Waals surface area contributed by atoms with Crippen molar-refractivity contribution in [3.05, 3.63) is 22.5 Å². The number of ether oxygens (including phenoxy) is 1. The molecular formula is C20H30N2O4. The predicted molar refractivity (Wildman–Crippen MR) is 99.4 cm³/mol. The molecule has 2 rings (SSSR count). The lowest BCUT2D eigenvalue weighted by Crippen LogP contribution is -2.45. The molecule has 26 heavy (non-hydrogen) atoms. The van der Waals surface area contributed by atoms with E-state index in [1.165, 1.54) is 0 Å². The molecule has 1 amide bonds. The lowest BCUT2D eigenvalue weighted by atomic mass is 9.98. The Hall–Kier alpha value is -2.11. The van der Waals surface area contributed by atoms with Crippen LogP contribution in [0, 0.1) is 19.8 Å². The summed E-state index contributed by atoms with van der Waals surface area (Å²) in [6.45, 7) is 9.69. The van der Waals surface area contributed by atoms with Gasteiger partial charge in [-0.05, 0) is 53.0 Å². The SMILES string of the molecule is CCOC(=O)c1[nH]c(C)c(C(=O)[C@@H](C)N(CC)C(=O)C2CCCC2)c1C. The van der Waals surface area contributed by atoms with Crippen LogP contribution in [0.15, 0.2) is 0 Å². The minimum atomic E-state index is -0.559. The molecule has 0 aliphatic heterocycles. The molecule has 1 aliphatic rings. The highest BCUT2D eigenvalue weighted by Gasteiger charge is 2.34. The van der Waals surface area contributed by atoms with E-state index in [2.05, 4.69) is 4.98 Å². The zero-order chi connectivity index (χ0) is 19.4. The Morgan fingerprint density at radius 2 is 1.81 bits per heavy atom. The Balaban J connectivity index is 2.26. The Morgan fingerprint density at radius 1 is 1.19 bits per heavy atom. The number of carbonyl (C=O) groups is 3. The van der Waals surface area contributed by atoms with Gasteiger partial charge in [0.2, 0.25) is 5.91 Å². The topological polar surface area (TPSA) is 79.5 Å². The Labute approximate surface area is 155 Å². The molecule has 0 unspecified atom stereocenters. The second-order valence-corrected chi connectivity index (χ2v) is 6.99. The zero-order valence-electron chi connectivity index (χ0n) is 16.5. The molecule has 1 aliphatic carbocycles. The fourth-order valence-corrected chi connectivity index (χ4v) is 3.91. The van der Waals surface area contributed by atoms with Gasteiger partial charge < -0.3 is 14.6 Å². The summed E-state index contributed by atoms with van der Waals surface area (Å²) in [5.74, 6) is -0.495. The Kier molecular flexibility index (Phi) is 6.62. The van der Waals surface area contributed by atoms with Crippen LogP contribution in [0.2, 0.25) is 0 Å². The van der Waals surface area contributed by atoms with E-state index in [1.54, 1.807) is 32.6 Å². The molecule has 6 heteroatoms. The predicted octanol–water partition coefficient (Wildman–Crippen LogP) is 3.42. The van der Waals surface area contributed by atoms with Crippen molar-refractivity contribution in [1.29, 1.82) is 0 Å². The van der Waals surface area contributed by atoms with Gasteiger partial charge >= 0.3 is 5.97 Å². The number of rotatable bonds is 7. The van der Waals surface area contributed by atoms with Gasteiger partial charge in [-0.25, -0.2) is 4.79 Å². The molecule has 6 nitrogen and oxygen atoms in total. The molecule has 144 valence electrons. The average Bonchev–Trinajstić information content (AvgIpc) is 3.23. The van der Waals surface area contributed by atoms with Gasteiger partial charge in [0.05, 0.1) is 12.6 Å². The Bertz CT molecular complexity index is 686. The van der Waals surface area contributed by atoms with Crippen molar-refractivity contribution in [1.82, 2.24) is 9.88 Å². The number of hydrogen-bond acceptors (Lipinski definition) is 4. The lowest BCUT2D eigenvalue weighted by Gasteiger charge is -2.29. The van der Waals surface area contributed by atoms with E-state index in [4.69, 9.17) is 4.74 Å². The smallest absolute Gasteiger partial charge is 0.355 e. The maximum Gasteiger partial charge on any atom is 0.355 e. The first kappa shape index (κ1) is 20.2. The highest BCUT2D eigenvalue weighted by atomic mass is 16.5. The van der Waals surface area contributed by atoms with Crippen LogP contribution in [0.3, 0.4) is 0 Å². The molecule has 1 atom stereocenters. The number of aryl methyl sites for hydroxylation is 1. The maximum atomic E-state index is 13.1. The van der Waals surface area contributed by atoms with Gasteiger partial charge in [-0.1, -0.05) is 12.8 Å². The number of Topliss-reactive ketones (excluding diaryl/α,β-unsaturated/α-hetero) is 1. The van der Waals surface area contributed by atoms with Crippen LogP contribution in [0.1, 0.15) is 78.6 Å². The second-order valence-electron chi connectivity index (χ2n) is 6.99. The molecule has 1 heterocycles. The van der Waals surface area contributed by atoms with Crippen LogP contribution in [0.5, 0.6) is 0 Å². The third-order valence-corrected chi connectivity index (χ3v) is 5.34. The molecule has 1 aromatic rings. The van der Waals surface area contributed by atoms with Gasteiger partial charge in [0, 0.05) is 23.7 Å². The largest absolute Gasteiger partial charge is 0.461 e. The van der Waals surface area contributed by atoms with E-state index in [0.29, 0.717) is 29.1 Å². The summed E-state index contributed by atoms with van der Waals surface area (Å²) in [6.07, 6.45) is 3.97. The summed E-state index contributed by atoms with van der Waals surface area (Å²) < 4.78 is 5.05. The van der Waals surface area contributed by atoms with Crippen molar-refractivity contribution in [2.24, 2.45) is 5.92 Å². The fourth-order valence-electron chi connectivity index (χ4n) is 3.91. The number of likely N-dealkylation sites (N-methyl/N-ethyl adjacent to an activating group) is 1. The van der Waals surface area contributed by atoms with E-state index in [0.717, 1.165) is 25.7 Å². The molecule has 0 spiro atoms. The van der Waals surface area contributed by atoms with E-state index >= 15 is 0 Å². The summed E-state index contributed by atoms with van der Waals surface area (Å²) >= 11 is 0. The number of ketones is 1. The first-order chi connectivity index (χ1) is 12.3. The number of aromatic amines is 1. The highest BCUT2D eigenvalue weighted by molar-refractivity contribution is 6.06. The van der Waals surface area contributed by atoms with E-state index in [-0.39, 0.29) is 24.2 Å². The standard InChI is InChI=1S/C20H30N2O4/c1-6-22(19(24)15-10-8-9-11-15)14(5)18(23)16-12(3)17(21-13(16)4)20(25)26-7-2/h14-15,21H,6-11H2,1-5H3/t14-/m1/s1. The second kappa shape index (κ2) is 8.52. The third kappa shape index (κ3) is 3.84. The molecular weight excluding hydrogens is 332 g/mol. The minimum Gasteiger partial charge on any atom is -0.461 e. The van der Waals surface area contributed by atoms with Gasteiger partial charge in [0.1, 0.15) is 5.69 Å². The van der Waals surface area contributed by atoms with Gasteiger partial charge in [-0.15, -0.1) is 0 Å². The van der Waals surface area contributed by atoms with Gasteiger partial charge in [-0.3, -0.25) is 9.59 Å². The molecule has 1 aromatic heterocycles. The summed E-state index contributed by atoms with van der Waals surface area (Å²) in [5.41, 5.74) is 2.01. The Morgan fingerprint density at radius 3 is 2.35 bits per heavy atom. The summed E-state index contributed by atoms with van der Waals surface area (Å²) in [6, 6.07) is -0.559. The van der Waals surface area contributed by atoms with E-state index in [9.17, 15) is 14.4 Å². The van der Waals surface area contributed by atoms with Gasteiger partial charge in [0.25, 0.3) is 0 Å². The molecule has 1 saturated carbocycles. The average molecular weight is 362 g/mol. The van der Waals surface area contributed by atoms with Crippen molar-refractivity contribution in [3.8, 4) is 0 Å². The number of hydrogen-bond donors (Lipinski definition) is 1. The first-order valence-corrected chi connectivity index (χ1v) is 9.54. The van der Waals surface area contributed by atoms with Crippen LogP contribution >= 0.6 is 0 Å². The van der Waals surface area contributed by atoms with Gasteiger partial charge in [-0.2, -0.15) is 0 Å². The molecule has 0 radical (unpaired) electrons. The highest BCUT2D eigenvalue weighted by Crippen LogP contribution is 2.28. The third-order valence-electron chi connectivity index (χ3n) is 5.34. The number of nitrogens with one attached hydrogen (secondary N) is 1. The number of nitrogens with zero attached hydrogens (tertiary/aromatic N) is 1. The lowest BCUT2D eigenvalue weighted by molar-refractivity contribution is -0.136. The van der Waals surface area contributed by atoms with Crippen molar-refractivity contribution in [2.75, 3.05) is 13.2 Å². The normalized spacial score (nSPS) is 15.7. The van der Waals surface area contributed by atoms with Crippen LogP contribution in [0.4, 0.5) is 0 Å². The maximum absolute atomic E-state index is 13.1. The van der Waals surface area contributed by atoms with Crippen LogP contribution < -0.4 is 0 Å². The van der Waals surface area contributed by atoms with Crippen LogP contribution in [-0.2, 0) is 9.53 Å².